The first-order valence-electron chi connectivity index (χ1n) is 5.70. The summed E-state index contributed by atoms with van der Waals surface area (Å²) in [6.45, 7) is 0.967. The molecule has 0 saturated carbocycles. The lowest BCUT2D eigenvalue weighted by molar-refractivity contribution is 0.0688. The van der Waals surface area contributed by atoms with E-state index in [4.69, 9.17) is 0 Å². The van der Waals surface area contributed by atoms with Crippen LogP contribution in [-0.4, -0.2) is 27.0 Å². The molecule has 2 aromatic rings. The van der Waals surface area contributed by atoms with Gasteiger partial charge in [0.05, 0.1) is 17.8 Å². The molecule has 1 fully saturated rings. The van der Waals surface area contributed by atoms with E-state index < -0.39 is 5.97 Å². The van der Waals surface area contributed by atoms with Crippen LogP contribution in [0.2, 0.25) is 0 Å². The van der Waals surface area contributed by atoms with Crippen LogP contribution in [0, 0.1) is 0 Å². The van der Waals surface area contributed by atoms with Gasteiger partial charge >= 0.3 is 5.97 Å². The van der Waals surface area contributed by atoms with Gasteiger partial charge in [0.25, 0.3) is 0 Å². The number of aromatic nitrogens is 2. The van der Waals surface area contributed by atoms with Gasteiger partial charge in [-0.3, -0.25) is 4.40 Å². The third-order valence-electron chi connectivity index (χ3n) is 3.17. The summed E-state index contributed by atoms with van der Waals surface area (Å²) in [6.07, 6.45) is 3.84. The lowest BCUT2D eigenvalue weighted by atomic mass is 10.2. The Balaban J connectivity index is 2.21. The maximum atomic E-state index is 11.2. The highest BCUT2D eigenvalue weighted by molar-refractivity contribution is 5.86. The first-order chi connectivity index (χ1) is 8.27. The first-order valence-corrected chi connectivity index (χ1v) is 5.70. The van der Waals surface area contributed by atoms with Crippen molar-refractivity contribution in [2.45, 2.75) is 18.9 Å². The van der Waals surface area contributed by atoms with Crippen LogP contribution >= 0.6 is 0 Å². The molecule has 1 saturated heterocycles. The summed E-state index contributed by atoms with van der Waals surface area (Å²) >= 11 is 0. The molecule has 5 heteroatoms. The number of rotatable bonds is 2. The Bertz CT molecular complexity index is 570. The van der Waals surface area contributed by atoms with Gasteiger partial charge in [-0.25, -0.2) is 9.78 Å². The number of fused-ring (bicyclic) bond motifs is 1. The molecule has 0 amide bonds. The van der Waals surface area contributed by atoms with Crippen LogP contribution in [0.3, 0.4) is 0 Å². The van der Waals surface area contributed by atoms with Crippen molar-refractivity contribution in [3.8, 4) is 0 Å². The Labute approximate surface area is 98.1 Å². The summed E-state index contributed by atoms with van der Waals surface area (Å²) in [6, 6.07) is 5.39. The van der Waals surface area contributed by atoms with E-state index in [0.717, 1.165) is 30.7 Å². The Morgan fingerprint density at radius 2 is 2.41 bits per heavy atom. The molecule has 17 heavy (non-hydrogen) atoms. The van der Waals surface area contributed by atoms with Gasteiger partial charge in [0.1, 0.15) is 11.5 Å². The molecule has 3 rings (SSSR count). The normalized spacial score (nSPS) is 19.9. The maximum Gasteiger partial charge on any atom is 0.352 e. The Morgan fingerprint density at radius 1 is 1.53 bits per heavy atom. The summed E-state index contributed by atoms with van der Waals surface area (Å²) in [4.78, 5) is 15.6. The van der Waals surface area contributed by atoms with Gasteiger partial charge in [0.2, 0.25) is 0 Å². The van der Waals surface area contributed by atoms with E-state index in [0.29, 0.717) is 0 Å². The Hall–Kier alpha value is -1.88. The highest BCUT2D eigenvalue weighted by atomic mass is 16.4. The summed E-state index contributed by atoms with van der Waals surface area (Å²) in [5, 5.41) is 12.5. The van der Waals surface area contributed by atoms with Crippen molar-refractivity contribution in [3.63, 3.8) is 0 Å². The van der Waals surface area contributed by atoms with E-state index in [1.165, 1.54) is 0 Å². The molecular weight excluding hydrogens is 218 g/mol. The van der Waals surface area contributed by atoms with Crippen molar-refractivity contribution < 1.29 is 9.90 Å². The zero-order valence-corrected chi connectivity index (χ0v) is 9.26. The number of pyridine rings is 1. The SMILES string of the molecule is O=C(O)c1cccc2cnc(C3CCCN3)n12. The van der Waals surface area contributed by atoms with Crippen LogP contribution in [-0.2, 0) is 0 Å². The molecule has 1 aliphatic rings. The van der Waals surface area contributed by atoms with E-state index in [1.807, 2.05) is 6.07 Å². The minimum atomic E-state index is -0.923. The van der Waals surface area contributed by atoms with Gasteiger partial charge < -0.3 is 10.4 Å². The van der Waals surface area contributed by atoms with Crippen molar-refractivity contribution in [1.82, 2.24) is 14.7 Å². The van der Waals surface area contributed by atoms with Crippen LogP contribution in [0.5, 0.6) is 0 Å². The molecule has 0 aromatic carbocycles. The predicted molar refractivity (Wildman–Crippen MR) is 62.1 cm³/mol. The predicted octanol–water partition coefficient (Wildman–Crippen LogP) is 1.46. The minimum absolute atomic E-state index is 0.165. The van der Waals surface area contributed by atoms with E-state index in [2.05, 4.69) is 10.3 Å². The third-order valence-corrected chi connectivity index (χ3v) is 3.17. The molecule has 88 valence electrons. The van der Waals surface area contributed by atoms with Crippen LogP contribution in [0.25, 0.3) is 5.52 Å². The first kappa shape index (κ1) is 10.3. The largest absolute Gasteiger partial charge is 0.477 e. The Morgan fingerprint density at radius 3 is 3.12 bits per heavy atom. The van der Waals surface area contributed by atoms with Crippen molar-refractivity contribution in [2.75, 3.05) is 6.54 Å². The molecule has 1 aliphatic heterocycles. The minimum Gasteiger partial charge on any atom is -0.477 e. The molecule has 0 aliphatic carbocycles. The number of hydrogen-bond acceptors (Lipinski definition) is 3. The van der Waals surface area contributed by atoms with Crippen molar-refractivity contribution in [2.24, 2.45) is 0 Å². The molecule has 2 aromatic heterocycles. The topological polar surface area (TPSA) is 66.6 Å². The quantitative estimate of drug-likeness (QED) is 0.821. The number of nitrogens with one attached hydrogen (secondary N) is 1. The number of carboxylic acids is 1. The smallest absolute Gasteiger partial charge is 0.352 e. The second-order valence-electron chi connectivity index (χ2n) is 4.24. The highest BCUT2D eigenvalue weighted by Crippen LogP contribution is 2.24. The van der Waals surface area contributed by atoms with Crippen molar-refractivity contribution in [1.29, 1.82) is 0 Å². The zero-order chi connectivity index (χ0) is 11.8. The zero-order valence-electron chi connectivity index (χ0n) is 9.26. The number of imidazole rings is 1. The second kappa shape index (κ2) is 3.85. The molecule has 0 radical (unpaired) electrons. The highest BCUT2D eigenvalue weighted by Gasteiger charge is 2.22. The number of nitrogens with zero attached hydrogens (tertiary/aromatic N) is 2. The monoisotopic (exact) mass is 231 g/mol. The summed E-state index contributed by atoms with van der Waals surface area (Å²) in [5.41, 5.74) is 1.09. The van der Waals surface area contributed by atoms with Crippen molar-refractivity contribution in [3.05, 3.63) is 35.9 Å². The van der Waals surface area contributed by atoms with Crippen molar-refractivity contribution >= 4 is 11.5 Å². The fraction of sp³-hybridized carbons (Fsp3) is 0.333. The van der Waals surface area contributed by atoms with E-state index in [-0.39, 0.29) is 11.7 Å². The lowest BCUT2D eigenvalue weighted by Crippen LogP contribution is -2.18. The van der Waals surface area contributed by atoms with E-state index in [1.54, 1.807) is 22.7 Å². The van der Waals surface area contributed by atoms with Gasteiger partial charge in [0.15, 0.2) is 0 Å². The molecule has 0 bridgehead atoms. The second-order valence-corrected chi connectivity index (χ2v) is 4.24. The molecular formula is C12H13N3O2. The number of carbonyl (C=O) groups is 1. The molecule has 1 atom stereocenters. The lowest BCUT2D eigenvalue weighted by Gasteiger charge is -2.10. The number of carboxylic acid groups (broad SMARTS) is 1. The Kier molecular flexibility index (Phi) is 2.33. The van der Waals surface area contributed by atoms with Gasteiger partial charge in [-0.05, 0) is 31.5 Å². The van der Waals surface area contributed by atoms with Crippen LogP contribution in [0.1, 0.15) is 35.2 Å². The molecule has 0 spiro atoms. The summed E-state index contributed by atoms with van der Waals surface area (Å²) < 4.78 is 1.73. The van der Waals surface area contributed by atoms with Gasteiger partial charge in [-0.1, -0.05) is 6.07 Å². The van der Waals surface area contributed by atoms with Crippen LogP contribution in [0.15, 0.2) is 24.4 Å². The fourth-order valence-electron chi connectivity index (χ4n) is 2.39. The molecule has 1 unspecified atom stereocenters. The van der Waals surface area contributed by atoms with Crippen LogP contribution in [0.4, 0.5) is 0 Å². The molecule has 5 nitrogen and oxygen atoms in total. The summed E-state index contributed by atoms with van der Waals surface area (Å²) in [5.74, 6) is -0.122. The summed E-state index contributed by atoms with van der Waals surface area (Å²) in [7, 11) is 0. The van der Waals surface area contributed by atoms with E-state index >= 15 is 0 Å². The fourth-order valence-corrected chi connectivity index (χ4v) is 2.39. The van der Waals surface area contributed by atoms with Gasteiger partial charge in [-0.15, -0.1) is 0 Å². The molecule has 2 N–H and O–H groups in total. The number of hydrogen-bond donors (Lipinski definition) is 2. The number of aromatic carboxylic acids is 1. The standard InChI is InChI=1S/C12H13N3O2/c16-12(17)10-5-1-3-8-7-14-11(15(8)10)9-4-2-6-13-9/h1,3,5,7,9,13H,2,4,6H2,(H,16,17). The van der Waals surface area contributed by atoms with Gasteiger partial charge in [0, 0.05) is 0 Å². The average molecular weight is 231 g/mol. The maximum absolute atomic E-state index is 11.2. The average Bonchev–Trinajstić information content (AvgIpc) is 2.96. The molecule has 3 heterocycles. The third kappa shape index (κ3) is 1.59. The van der Waals surface area contributed by atoms with E-state index in [9.17, 15) is 9.90 Å². The van der Waals surface area contributed by atoms with Crippen LogP contribution < -0.4 is 5.32 Å². The van der Waals surface area contributed by atoms with Gasteiger partial charge in [-0.2, -0.15) is 0 Å².